The Labute approximate surface area is 152 Å². The van der Waals surface area contributed by atoms with Crippen molar-refractivity contribution in [2.24, 2.45) is 7.05 Å². The first kappa shape index (κ1) is 16.2. The average Bonchev–Trinajstić information content (AvgIpc) is 3.25. The molecule has 0 fully saturated rings. The Morgan fingerprint density at radius 1 is 1.19 bits per heavy atom. The normalized spacial score (nSPS) is 10.8. The van der Waals surface area contributed by atoms with Gasteiger partial charge in [0.2, 0.25) is 0 Å². The van der Waals surface area contributed by atoms with Gasteiger partial charge < -0.3 is 10.6 Å². The maximum absolute atomic E-state index is 12.2. The predicted molar refractivity (Wildman–Crippen MR) is 99.7 cm³/mol. The van der Waals surface area contributed by atoms with Gasteiger partial charge in [-0.1, -0.05) is 24.3 Å². The second-order valence-corrected chi connectivity index (χ2v) is 6.71. The highest BCUT2D eigenvalue weighted by molar-refractivity contribution is 7.18. The Bertz CT molecular complexity index is 1040. The molecule has 9 heteroatoms. The lowest BCUT2D eigenvalue weighted by Crippen LogP contribution is -2.28. The molecule has 0 unspecified atom stereocenters. The number of hydrogen-bond donors (Lipinski definition) is 2. The quantitative estimate of drug-likeness (QED) is 0.579. The topological polar surface area (TPSA) is 97.6 Å². The zero-order valence-corrected chi connectivity index (χ0v) is 14.7. The van der Waals surface area contributed by atoms with Crippen molar-refractivity contribution in [2.45, 2.75) is 6.54 Å². The third-order valence-electron chi connectivity index (χ3n) is 3.74. The van der Waals surface area contributed by atoms with Crippen LogP contribution in [0.2, 0.25) is 0 Å². The molecule has 2 N–H and O–H groups in total. The fourth-order valence-electron chi connectivity index (χ4n) is 2.54. The van der Waals surface area contributed by atoms with Crippen LogP contribution in [0.15, 0.2) is 48.5 Å². The van der Waals surface area contributed by atoms with Crippen molar-refractivity contribution in [3.63, 3.8) is 0 Å². The molecule has 0 bridgehead atoms. The van der Waals surface area contributed by atoms with E-state index in [1.54, 1.807) is 23.1 Å². The summed E-state index contributed by atoms with van der Waals surface area (Å²) in [7, 11) is 1.76. The van der Waals surface area contributed by atoms with E-state index in [9.17, 15) is 4.79 Å². The summed E-state index contributed by atoms with van der Waals surface area (Å²) in [6.45, 7) is 0.373. The Balaban J connectivity index is 1.41. The van der Waals surface area contributed by atoms with Gasteiger partial charge in [0.15, 0.2) is 5.82 Å². The van der Waals surface area contributed by atoms with E-state index >= 15 is 0 Å². The van der Waals surface area contributed by atoms with Crippen molar-refractivity contribution in [1.82, 2.24) is 30.5 Å². The van der Waals surface area contributed by atoms with Crippen molar-refractivity contribution in [3.05, 3.63) is 53.5 Å². The molecule has 4 rings (SSSR count). The van der Waals surface area contributed by atoms with Crippen LogP contribution in [0.3, 0.4) is 0 Å². The molecule has 0 saturated heterocycles. The lowest BCUT2D eigenvalue weighted by molar-refractivity contribution is 0.251. The maximum Gasteiger partial charge on any atom is 0.319 e. The van der Waals surface area contributed by atoms with Gasteiger partial charge in [-0.25, -0.2) is 14.5 Å². The summed E-state index contributed by atoms with van der Waals surface area (Å²) in [6, 6.07) is 15.0. The molecule has 8 nitrogen and oxygen atoms in total. The molecular weight excluding hydrogens is 350 g/mol. The molecule has 0 aliphatic heterocycles. The van der Waals surface area contributed by atoms with Crippen LogP contribution in [-0.4, -0.2) is 31.2 Å². The Hall–Kier alpha value is -3.33. The number of urea groups is 1. The van der Waals surface area contributed by atoms with Crippen LogP contribution in [0.25, 0.3) is 21.6 Å². The standard InChI is InChI=1S/C17H15N7OS/c1-24-16(21-22-23-24)11-5-4-6-12(9-11)19-17(25)18-10-15-20-13-7-2-3-8-14(13)26-15/h2-9H,10H2,1H3,(H2,18,19,25). The van der Waals surface area contributed by atoms with Crippen LogP contribution in [0, 0.1) is 0 Å². The number of carbonyl (C=O) groups excluding carboxylic acids is 1. The number of fused-ring (bicyclic) bond motifs is 1. The van der Waals surface area contributed by atoms with E-state index in [1.165, 1.54) is 0 Å². The van der Waals surface area contributed by atoms with Gasteiger partial charge in [0, 0.05) is 18.3 Å². The lowest BCUT2D eigenvalue weighted by Gasteiger charge is -2.07. The number of rotatable bonds is 4. The SMILES string of the molecule is Cn1nnnc1-c1cccc(NC(=O)NCc2nc3ccccc3s2)c1. The molecule has 0 aliphatic rings. The number of aryl methyl sites for hydroxylation is 1. The molecule has 0 radical (unpaired) electrons. The van der Waals surface area contributed by atoms with Crippen LogP contribution in [0.1, 0.15) is 5.01 Å². The molecule has 2 aromatic heterocycles. The number of nitrogens with one attached hydrogen (secondary N) is 2. The summed E-state index contributed by atoms with van der Waals surface area (Å²) in [6.07, 6.45) is 0. The molecule has 0 atom stereocenters. The Morgan fingerprint density at radius 2 is 2.08 bits per heavy atom. The molecule has 2 aromatic carbocycles. The van der Waals surface area contributed by atoms with E-state index in [2.05, 4.69) is 31.1 Å². The number of tetrazole rings is 1. The van der Waals surface area contributed by atoms with Gasteiger partial charge in [-0.2, -0.15) is 0 Å². The van der Waals surface area contributed by atoms with Crippen molar-refractivity contribution in [2.75, 3.05) is 5.32 Å². The predicted octanol–water partition coefficient (Wildman–Crippen LogP) is 2.81. The molecule has 4 aromatic rings. The first-order valence-electron chi connectivity index (χ1n) is 7.91. The molecule has 0 spiro atoms. The number of carbonyl (C=O) groups is 1. The minimum atomic E-state index is -0.294. The van der Waals surface area contributed by atoms with Crippen LogP contribution < -0.4 is 10.6 Å². The zero-order chi connectivity index (χ0) is 17.9. The molecule has 0 aliphatic carbocycles. The summed E-state index contributed by atoms with van der Waals surface area (Å²) in [4.78, 5) is 16.7. The van der Waals surface area contributed by atoms with E-state index < -0.39 is 0 Å². The summed E-state index contributed by atoms with van der Waals surface area (Å²) < 4.78 is 2.68. The summed E-state index contributed by atoms with van der Waals surface area (Å²) in [5, 5.41) is 17.9. The fourth-order valence-corrected chi connectivity index (χ4v) is 3.44. The van der Waals surface area contributed by atoms with E-state index in [0.29, 0.717) is 18.1 Å². The number of thiazole rings is 1. The Morgan fingerprint density at radius 3 is 2.88 bits per heavy atom. The van der Waals surface area contributed by atoms with Crippen LogP contribution >= 0.6 is 11.3 Å². The summed E-state index contributed by atoms with van der Waals surface area (Å²) >= 11 is 1.57. The number of amides is 2. The molecular formula is C17H15N7OS. The molecule has 130 valence electrons. The highest BCUT2D eigenvalue weighted by Crippen LogP contribution is 2.22. The molecule has 2 amide bonds. The maximum atomic E-state index is 12.2. The largest absolute Gasteiger partial charge is 0.331 e. The number of aromatic nitrogens is 5. The van der Waals surface area contributed by atoms with Crippen LogP contribution in [0.5, 0.6) is 0 Å². The molecule has 2 heterocycles. The van der Waals surface area contributed by atoms with Gasteiger partial charge in [-0.3, -0.25) is 0 Å². The summed E-state index contributed by atoms with van der Waals surface area (Å²) in [5.41, 5.74) is 2.42. The molecule has 26 heavy (non-hydrogen) atoms. The van der Waals surface area contributed by atoms with Gasteiger partial charge >= 0.3 is 6.03 Å². The van der Waals surface area contributed by atoms with E-state index in [-0.39, 0.29) is 6.03 Å². The highest BCUT2D eigenvalue weighted by Gasteiger charge is 2.09. The van der Waals surface area contributed by atoms with E-state index in [1.807, 2.05) is 48.5 Å². The smallest absolute Gasteiger partial charge is 0.319 e. The first-order chi connectivity index (χ1) is 12.7. The lowest BCUT2D eigenvalue weighted by atomic mass is 10.2. The molecule has 0 saturated carbocycles. The van der Waals surface area contributed by atoms with Gasteiger partial charge in [-0.15, -0.1) is 16.4 Å². The van der Waals surface area contributed by atoms with Gasteiger partial charge in [0.05, 0.1) is 16.8 Å². The number of benzene rings is 2. The minimum Gasteiger partial charge on any atom is -0.331 e. The first-order valence-corrected chi connectivity index (χ1v) is 8.73. The van der Waals surface area contributed by atoms with Gasteiger partial charge in [-0.05, 0) is 34.7 Å². The third-order valence-corrected chi connectivity index (χ3v) is 4.77. The second kappa shape index (κ2) is 6.89. The van der Waals surface area contributed by atoms with E-state index in [4.69, 9.17) is 0 Å². The Kier molecular flexibility index (Phi) is 4.28. The van der Waals surface area contributed by atoms with Crippen LogP contribution in [0.4, 0.5) is 10.5 Å². The summed E-state index contributed by atoms with van der Waals surface area (Å²) in [5.74, 6) is 0.628. The van der Waals surface area contributed by atoms with Gasteiger partial charge in [0.25, 0.3) is 0 Å². The van der Waals surface area contributed by atoms with Gasteiger partial charge in [0.1, 0.15) is 5.01 Å². The van der Waals surface area contributed by atoms with Crippen molar-refractivity contribution in [3.8, 4) is 11.4 Å². The monoisotopic (exact) mass is 365 g/mol. The minimum absolute atomic E-state index is 0.294. The van der Waals surface area contributed by atoms with Crippen molar-refractivity contribution in [1.29, 1.82) is 0 Å². The number of para-hydroxylation sites is 1. The highest BCUT2D eigenvalue weighted by atomic mass is 32.1. The van der Waals surface area contributed by atoms with Crippen molar-refractivity contribution >= 4 is 33.3 Å². The number of hydrogen-bond acceptors (Lipinski definition) is 6. The third kappa shape index (κ3) is 3.38. The van der Waals surface area contributed by atoms with Crippen LogP contribution in [-0.2, 0) is 13.6 Å². The zero-order valence-electron chi connectivity index (χ0n) is 13.9. The number of nitrogens with zero attached hydrogens (tertiary/aromatic N) is 5. The fraction of sp³-hybridized carbons (Fsp3) is 0.118. The second-order valence-electron chi connectivity index (χ2n) is 5.59. The van der Waals surface area contributed by atoms with Crippen molar-refractivity contribution < 1.29 is 4.79 Å². The van der Waals surface area contributed by atoms with E-state index in [0.717, 1.165) is 20.8 Å². The number of anilines is 1. The average molecular weight is 365 g/mol.